The summed E-state index contributed by atoms with van der Waals surface area (Å²) in [6.07, 6.45) is 1.38. The lowest BCUT2D eigenvalue weighted by Crippen LogP contribution is -2.54. The van der Waals surface area contributed by atoms with Crippen LogP contribution in [0, 0.1) is 0 Å². The number of hydrogen-bond donors (Lipinski definition) is 2. The van der Waals surface area contributed by atoms with E-state index in [1.165, 1.54) is 0 Å². The third-order valence-corrected chi connectivity index (χ3v) is 5.59. The Morgan fingerprint density at radius 2 is 1.89 bits per heavy atom. The number of rotatable bonds is 4. The Morgan fingerprint density at radius 1 is 1.11 bits per heavy atom. The maximum atomic E-state index is 12.8. The fraction of sp³-hybridized carbons (Fsp3) is 0.474. The molecule has 0 saturated carbocycles. The summed E-state index contributed by atoms with van der Waals surface area (Å²) in [5.41, 5.74) is 1.63. The van der Waals surface area contributed by atoms with Crippen LogP contribution in [-0.2, 0) is 16.1 Å². The van der Waals surface area contributed by atoms with E-state index in [9.17, 15) is 19.2 Å². The second-order valence-electron chi connectivity index (χ2n) is 7.34. The number of carbonyl (C=O) groups excluding carboxylic acids is 4. The summed E-state index contributed by atoms with van der Waals surface area (Å²) in [6.45, 7) is 2.64. The first-order chi connectivity index (χ1) is 13.0. The fourth-order valence-corrected chi connectivity index (χ4v) is 4.09. The zero-order valence-corrected chi connectivity index (χ0v) is 15.2. The lowest BCUT2D eigenvalue weighted by Gasteiger charge is -2.27. The number of likely N-dealkylation sites (N-methyl/N-ethyl adjacent to an activating group) is 1. The Hall–Kier alpha value is -2.58. The average Bonchev–Trinajstić information content (AvgIpc) is 3.19. The summed E-state index contributed by atoms with van der Waals surface area (Å²) in [5, 5.41) is 5.48. The van der Waals surface area contributed by atoms with Gasteiger partial charge in [-0.1, -0.05) is 6.07 Å². The molecular formula is C19H22N4O4. The van der Waals surface area contributed by atoms with Crippen LogP contribution in [0.15, 0.2) is 18.2 Å². The highest BCUT2D eigenvalue weighted by Gasteiger charge is 2.44. The van der Waals surface area contributed by atoms with Crippen molar-refractivity contribution < 1.29 is 19.2 Å². The molecule has 0 spiro atoms. The molecule has 0 radical (unpaired) electrons. The van der Waals surface area contributed by atoms with E-state index in [2.05, 4.69) is 15.5 Å². The van der Waals surface area contributed by atoms with Crippen LogP contribution in [0.5, 0.6) is 0 Å². The second-order valence-corrected chi connectivity index (χ2v) is 7.34. The van der Waals surface area contributed by atoms with Crippen molar-refractivity contribution in [1.29, 1.82) is 0 Å². The Bertz CT molecular complexity index is 837. The van der Waals surface area contributed by atoms with E-state index < -0.39 is 23.8 Å². The first-order valence-corrected chi connectivity index (χ1v) is 9.22. The van der Waals surface area contributed by atoms with Crippen LogP contribution in [0.2, 0.25) is 0 Å². The van der Waals surface area contributed by atoms with Crippen molar-refractivity contribution in [3.05, 3.63) is 34.9 Å². The van der Waals surface area contributed by atoms with Crippen molar-refractivity contribution in [3.63, 3.8) is 0 Å². The molecule has 1 aromatic carbocycles. The zero-order valence-electron chi connectivity index (χ0n) is 15.2. The maximum Gasteiger partial charge on any atom is 0.262 e. The molecule has 3 aliphatic heterocycles. The molecule has 0 aliphatic carbocycles. The highest BCUT2D eigenvalue weighted by Crippen LogP contribution is 2.29. The molecule has 142 valence electrons. The zero-order chi connectivity index (χ0) is 19.1. The Balaban J connectivity index is 1.53. The van der Waals surface area contributed by atoms with Crippen molar-refractivity contribution in [3.8, 4) is 0 Å². The van der Waals surface area contributed by atoms with Crippen LogP contribution < -0.4 is 10.6 Å². The SMILES string of the molecule is CN[C@@H]1CCN(Cc2ccc3c(c2)C(=O)N(C2CCC(=O)NC2=O)C3=O)C1. The number of nitrogens with one attached hydrogen (secondary N) is 2. The molecule has 27 heavy (non-hydrogen) atoms. The lowest BCUT2D eigenvalue weighted by molar-refractivity contribution is -0.136. The minimum atomic E-state index is -0.923. The number of likely N-dealkylation sites (tertiary alicyclic amines) is 1. The van der Waals surface area contributed by atoms with E-state index >= 15 is 0 Å². The van der Waals surface area contributed by atoms with Gasteiger partial charge in [0.2, 0.25) is 11.8 Å². The molecule has 3 aliphatic rings. The van der Waals surface area contributed by atoms with Gasteiger partial charge in [-0.25, -0.2) is 0 Å². The number of imide groups is 2. The van der Waals surface area contributed by atoms with E-state index in [-0.39, 0.29) is 18.7 Å². The molecule has 0 aromatic heterocycles. The van der Waals surface area contributed by atoms with Gasteiger partial charge in [0.05, 0.1) is 11.1 Å². The fourth-order valence-electron chi connectivity index (χ4n) is 4.09. The molecule has 0 bridgehead atoms. The van der Waals surface area contributed by atoms with Crippen LogP contribution >= 0.6 is 0 Å². The third-order valence-electron chi connectivity index (χ3n) is 5.59. The number of amides is 4. The van der Waals surface area contributed by atoms with Gasteiger partial charge in [-0.05, 0) is 37.6 Å². The van der Waals surface area contributed by atoms with Crippen LogP contribution in [0.25, 0.3) is 0 Å². The van der Waals surface area contributed by atoms with Crippen molar-refractivity contribution in [2.24, 2.45) is 0 Å². The van der Waals surface area contributed by atoms with E-state index in [1.54, 1.807) is 12.1 Å². The molecule has 2 saturated heterocycles. The van der Waals surface area contributed by atoms with Gasteiger partial charge in [0.15, 0.2) is 0 Å². The summed E-state index contributed by atoms with van der Waals surface area (Å²) in [7, 11) is 1.96. The second kappa shape index (κ2) is 6.86. The molecule has 2 N–H and O–H groups in total. The molecule has 1 unspecified atom stereocenters. The summed E-state index contributed by atoms with van der Waals surface area (Å²) in [5.74, 6) is -1.88. The van der Waals surface area contributed by atoms with Gasteiger partial charge in [0.1, 0.15) is 6.04 Å². The van der Waals surface area contributed by atoms with Gasteiger partial charge >= 0.3 is 0 Å². The van der Waals surface area contributed by atoms with Crippen molar-refractivity contribution in [1.82, 2.24) is 20.4 Å². The molecule has 3 heterocycles. The van der Waals surface area contributed by atoms with Gasteiger partial charge in [-0.2, -0.15) is 0 Å². The van der Waals surface area contributed by atoms with Crippen molar-refractivity contribution >= 4 is 23.6 Å². The van der Waals surface area contributed by atoms with Crippen molar-refractivity contribution in [2.75, 3.05) is 20.1 Å². The largest absolute Gasteiger partial charge is 0.316 e. The molecule has 4 rings (SSSR count). The minimum absolute atomic E-state index is 0.122. The van der Waals surface area contributed by atoms with Crippen LogP contribution in [0.1, 0.15) is 45.5 Å². The van der Waals surface area contributed by atoms with Gasteiger partial charge in [-0.15, -0.1) is 0 Å². The van der Waals surface area contributed by atoms with E-state index in [0.717, 1.165) is 30.0 Å². The maximum absolute atomic E-state index is 12.8. The van der Waals surface area contributed by atoms with Gasteiger partial charge in [-0.3, -0.25) is 34.3 Å². The number of nitrogens with zero attached hydrogens (tertiary/aromatic N) is 2. The van der Waals surface area contributed by atoms with Crippen molar-refractivity contribution in [2.45, 2.75) is 37.9 Å². The number of benzene rings is 1. The quantitative estimate of drug-likeness (QED) is 0.717. The highest BCUT2D eigenvalue weighted by molar-refractivity contribution is 6.23. The molecule has 1 aromatic rings. The first kappa shape index (κ1) is 17.8. The number of fused-ring (bicyclic) bond motifs is 1. The molecule has 2 atom stereocenters. The Kier molecular flexibility index (Phi) is 4.53. The first-order valence-electron chi connectivity index (χ1n) is 9.22. The third kappa shape index (κ3) is 3.15. The summed E-state index contributed by atoms with van der Waals surface area (Å²) < 4.78 is 0. The van der Waals surface area contributed by atoms with Gasteiger partial charge in [0.25, 0.3) is 11.8 Å². The summed E-state index contributed by atoms with van der Waals surface area (Å²) >= 11 is 0. The van der Waals surface area contributed by atoms with Crippen LogP contribution in [-0.4, -0.2) is 65.6 Å². The molecular weight excluding hydrogens is 348 g/mol. The normalized spacial score (nSPS) is 25.9. The Labute approximate surface area is 156 Å². The number of hydrogen-bond acceptors (Lipinski definition) is 6. The topological polar surface area (TPSA) is 98.8 Å². The van der Waals surface area contributed by atoms with Crippen LogP contribution in [0.4, 0.5) is 0 Å². The summed E-state index contributed by atoms with van der Waals surface area (Å²) in [4.78, 5) is 52.3. The molecule has 8 nitrogen and oxygen atoms in total. The monoisotopic (exact) mass is 370 g/mol. The minimum Gasteiger partial charge on any atom is -0.316 e. The number of piperidine rings is 1. The predicted molar refractivity (Wildman–Crippen MR) is 95.9 cm³/mol. The smallest absolute Gasteiger partial charge is 0.262 e. The van der Waals surface area contributed by atoms with E-state index in [0.29, 0.717) is 23.7 Å². The van der Waals surface area contributed by atoms with E-state index in [1.807, 2.05) is 13.1 Å². The lowest BCUT2D eigenvalue weighted by atomic mass is 10.0. The molecule has 2 fully saturated rings. The van der Waals surface area contributed by atoms with Gasteiger partial charge < -0.3 is 5.32 Å². The van der Waals surface area contributed by atoms with E-state index in [4.69, 9.17) is 0 Å². The molecule has 4 amide bonds. The predicted octanol–water partition coefficient (Wildman–Crippen LogP) is -0.118. The number of carbonyl (C=O) groups is 4. The van der Waals surface area contributed by atoms with Crippen LogP contribution in [0.3, 0.4) is 0 Å². The summed E-state index contributed by atoms with van der Waals surface area (Å²) in [6, 6.07) is 4.85. The standard InChI is InChI=1S/C19H22N4O4/c1-20-12-6-7-22(10-12)9-11-2-3-13-14(8-11)19(27)23(18(13)26)15-4-5-16(24)21-17(15)25/h2-3,8,12,15,20H,4-7,9-10H2,1H3,(H,21,24,25)/t12-,15?/m1/s1. The Morgan fingerprint density at radius 3 is 2.59 bits per heavy atom. The van der Waals surface area contributed by atoms with Gasteiger partial charge in [0, 0.05) is 32.1 Å². The average molecular weight is 370 g/mol. The molecule has 8 heteroatoms. The highest BCUT2D eigenvalue weighted by atomic mass is 16.2.